The van der Waals surface area contributed by atoms with E-state index in [9.17, 15) is 9.59 Å². The van der Waals surface area contributed by atoms with Crippen molar-refractivity contribution in [2.24, 2.45) is 5.10 Å². The van der Waals surface area contributed by atoms with Crippen LogP contribution < -0.4 is 14.8 Å². The molecule has 1 aliphatic rings. The van der Waals surface area contributed by atoms with E-state index in [4.69, 9.17) is 14.6 Å². The van der Waals surface area contributed by atoms with Gasteiger partial charge in [-0.2, -0.15) is 5.10 Å². The fourth-order valence-corrected chi connectivity index (χ4v) is 7.01. The van der Waals surface area contributed by atoms with E-state index in [0.717, 1.165) is 21.9 Å². The first kappa shape index (κ1) is 29.6. The van der Waals surface area contributed by atoms with Crippen molar-refractivity contribution in [3.63, 3.8) is 0 Å². The Kier molecular flexibility index (Phi) is 9.05. The summed E-state index contributed by atoms with van der Waals surface area (Å²) in [7, 11) is 3.22. The van der Waals surface area contributed by atoms with Crippen molar-refractivity contribution in [2.45, 2.75) is 24.2 Å². The smallest absolute Gasteiger partial charge is 0.261 e. The molecule has 1 unspecified atom stereocenters. The monoisotopic (exact) mass is 644 g/mol. The molecule has 6 rings (SSSR count). The van der Waals surface area contributed by atoms with Crippen LogP contribution in [-0.2, 0) is 11.3 Å². The first-order chi connectivity index (χ1) is 21.6. The van der Waals surface area contributed by atoms with Gasteiger partial charge in [-0.1, -0.05) is 48.2 Å². The summed E-state index contributed by atoms with van der Waals surface area (Å²) in [5.74, 6) is 1.57. The topological polar surface area (TPSA) is 111 Å². The lowest BCUT2D eigenvalue weighted by atomic mass is 10.0. The van der Waals surface area contributed by atoms with Gasteiger partial charge in [-0.3, -0.25) is 14.2 Å². The highest BCUT2D eigenvalue weighted by atomic mass is 32.2. The summed E-state index contributed by atoms with van der Waals surface area (Å²) < 4.78 is 12.8. The number of hydrogen-bond acceptors (Lipinski definition) is 10. The molecule has 13 heteroatoms. The van der Waals surface area contributed by atoms with Crippen molar-refractivity contribution >= 4 is 52.0 Å². The highest BCUT2D eigenvalue weighted by Gasteiger charge is 2.34. The van der Waals surface area contributed by atoms with Crippen molar-refractivity contribution in [3.8, 4) is 17.2 Å². The Hall–Kier alpha value is -4.46. The number of para-hydroxylation sites is 2. The van der Waals surface area contributed by atoms with Crippen LogP contribution in [0.4, 0.5) is 0 Å². The van der Waals surface area contributed by atoms with Gasteiger partial charge in [-0.25, -0.2) is 5.01 Å². The number of aromatic nitrogens is 3. The molecule has 224 valence electrons. The average molecular weight is 645 g/mol. The van der Waals surface area contributed by atoms with Crippen molar-refractivity contribution in [1.82, 2.24) is 25.1 Å². The SMILES string of the molecule is COc1ccc(C2CC(c3cccs3)=NN2C(=O)CSc2nnc(CNC(=O)c3cccs3)n2-c2ccccc2OC)cc1. The second-order valence-electron chi connectivity index (χ2n) is 9.61. The minimum Gasteiger partial charge on any atom is -0.497 e. The van der Waals surface area contributed by atoms with Gasteiger partial charge in [0, 0.05) is 6.42 Å². The Morgan fingerprint density at radius 3 is 2.48 bits per heavy atom. The first-order valence-electron chi connectivity index (χ1n) is 13.6. The molecular weight excluding hydrogens is 617 g/mol. The van der Waals surface area contributed by atoms with Crippen molar-refractivity contribution in [1.29, 1.82) is 0 Å². The van der Waals surface area contributed by atoms with Crippen molar-refractivity contribution in [3.05, 3.63) is 105 Å². The normalized spacial score (nSPS) is 14.4. The quantitative estimate of drug-likeness (QED) is 0.181. The molecule has 0 fully saturated rings. The molecule has 1 atom stereocenters. The molecule has 5 aromatic rings. The maximum atomic E-state index is 13.8. The molecular formula is C31H28N6O4S3. The summed E-state index contributed by atoms with van der Waals surface area (Å²) in [6.07, 6.45) is 0.606. The third-order valence-electron chi connectivity index (χ3n) is 6.98. The summed E-state index contributed by atoms with van der Waals surface area (Å²) in [6.45, 7) is 0.135. The number of methoxy groups -OCH3 is 2. The largest absolute Gasteiger partial charge is 0.497 e. The van der Waals surface area contributed by atoms with Gasteiger partial charge in [0.25, 0.3) is 11.8 Å². The van der Waals surface area contributed by atoms with E-state index in [-0.39, 0.29) is 30.2 Å². The minimum absolute atomic E-state index is 0.0721. The predicted molar refractivity (Wildman–Crippen MR) is 172 cm³/mol. The van der Waals surface area contributed by atoms with Crippen molar-refractivity contribution < 1.29 is 19.1 Å². The van der Waals surface area contributed by atoms with E-state index in [1.807, 2.05) is 82.1 Å². The zero-order valence-corrected chi connectivity index (χ0v) is 26.3. The number of thioether (sulfide) groups is 1. The van der Waals surface area contributed by atoms with Crippen LogP contribution in [0.3, 0.4) is 0 Å². The van der Waals surface area contributed by atoms with Crippen LogP contribution in [0.15, 0.2) is 93.8 Å². The number of carbonyl (C=O) groups is 2. The number of nitrogens with zero attached hydrogens (tertiary/aromatic N) is 5. The standard InChI is InChI=1S/C31H28N6O4S3/c1-40-21-13-11-20(12-14-21)24-17-22(26-9-5-15-42-26)35-37(24)29(38)19-44-31-34-33-28(18-32-30(39)27-10-6-16-43-27)36(31)23-7-3-4-8-25(23)41-2/h3-16,24H,17-19H2,1-2H3,(H,32,39). The maximum absolute atomic E-state index is 13.8. The Morgan fingerprint density at radius 2 is 1.75 bits per heavy atom. The maximum Gasteiger partial charge on any atom is 0.261 e. The first-order valence-corrected chi connectivity index (χ1v) is 16.4. The van der Waals surface area contributed by atoms with Crippen LogP contribution >= 0.6 is 34.4 Å². The Bertz CT molecular complexity index is 1770. The van der Waals surface area contributed by atoms with Crippen LogP contribution in [0.25, 0.3) is 5.69 Å². The number of rotatable bonds is 11. The molecule has 0 radical (unpaired) electrons. The average Bonchev–Trinajstić information content (AvgIpc) is 3.89. The zero-order valence-electron chi connectivity index (χ0n) is 23.9. The minimum atomic E-state index is -0.249. The number of hydrogen-bond donors (Lipinski definition) is 1. The van der Waals surface area contributed by atoms with Gasteiger partial charge in [-0.05, 0) is 52.7 Å². The zero-order chi connectivity index (χ0) is 30.5. The summed E-state index contributed by atoms with van der Waals surface area (Å²) in [4.78, 5) is 28.1. The van der Waals surface area contributed by atoms with Crippen LogP contribution in [-0.4, -0.2) is 57.3 Å². The lowest BCUT2D eigenvalue weighted by molar-refractivity contribution is -0.130. The fraction of sp³-hybridized carbons (Fsp3) is 0.194. The highest BCUT2D eigenvalue weighted by Crippen LogP contribution is 2.36. The Balaban J connectivity index is 1.26. The molecule has 2 aromatic carbocycles. The van der Waals surface area contributed by atoms with Crippen molar-refractivity contribution in [2.75, 3.05) is 20.0 Å². The number of nitrogens with one attached hydrogen (secondary N) is 1. The summed E-state index contributed by atoms with van der Waals surface area (Å²) >= 11 is 4.22. The van der Waals surface area contributed by atoms with E-state index in [1.54, 1.807) is 36.6 Å². The summed E-state index contributed by atoms with van der Waals surface area (Å²) in [6, 6.07) is 22.6. The van der Waals surface area contributed by atoms with Crippen LogP contribution in [0.1, 0.15) is 38.4 Å². The third kappa shape index (κ3) is 6.25. The molecule has 0 saturated heterocycles. The number of thiophene rings is 2. The van der Waals surface area contributed by atoms with Gasteiger partial charge in [0.1, 0.15) is 11.5 Å². The second-order valence-corrected chi connectivity index (χ2v) is 12.4. The molecule has 2 amide bonds. The second kappa shape index (κ2) is 13.5. The number of benzene rings is 2. The molecule has 0 saturated carbocycles. The molecule has 1 aliphatic heterocycles. The molecule has 0 bridgehead atoms. The van der Waals surface area contributed by atoms with Gasteiger partial charge in [0.15, 0.2) is 11.0 Å². The van der Waals surface area contributed by atoms with E-state index < -0.39 is 0 Å². The third-order valence-corrected chi connectivity index (χ3v) is 9.68. The van der Waals surface area contributed by atoms with Gasteiger partial charge in [0.05, 0.1) is 53.7 Å². The molecule has 0 aliphatic carbocycles. The number of amides is 2. The van der Waals surface area contributed by atoms with Crippen LogP contribution in [0, 0.1) is 0 Å². The highest BCUT2D eigenvalue weighted by molar-refractivity contribution is 7.99. The lowest BCUT2D eigenvalue weighted by Gasteiger charge is -2.22. The Morgan fingerprint density at radius 1 is 0.955 bits per heavy atom. The van der Waals surface area contributed by atoms with E-state index in [1.165, 1.54) is 23.1 Å². The number of ether oxygens (including phenoxy) is 2. The van der Waals surface area contributed by atoms with Gasteiger partial charge >= 0.3 is 0 Å². The van der Waals surface area contributed by atoms with Gasteiger partial charge in [0.2, 0.25) is 0 Å². The van der Waals surface area contributed by atoms with E-state index in [0.29, 0.717) is 33.7 Å². The molecule has 4 heterocycles. The lowest BCUT2D eigenvalue weighted by Crippen LogP contribution is -2.28. The van der Waals surface area contributed by atoms with Gasteiger partial charge < -0.3 is 14.8 Å². The molecule has 44 heavy (non-hydrogen) atoms. The van der Waals surface area contributed by atoms with E-state index in [2.05, 4.69) is 15.5 Å². The summed E-state index contributed by atoms with van der Waals surface area (Å²) in [5, 5.41) is 22.4. The Labute approximate surface area is 266 Å². The van der Waals surface area contributed by atoms with Crippen LogP contribution in [0.2, 0.25) is 0 Å². The predicted octanol–water partition coefficient (Wildman–Crippen LogP) is 5.81. The van der Waals surface area contributed by atoms with E-state index >= 15 is 0 Å². The molecule has 10 nitrogen and oxygen atoms in total. The molecule has 0 spiro atoms. The van der Waals surface area contributed by atoms with Gasteiger partial charge in [-0.15, -0.1) is 32.9 Å². The molecule has 3 aromatic heterocycles. The van der Waals surface area contributed by atoms with Crippen LogP contribution in [0.5, 0.6) is 11.5 Å². The summed E-state index contributed by atoms with van der Waals surface area (Å²) in [5.41, 5.74) is 2.55. The number of carbonyl (C=O) groups excluding carboxylic acids is 2. The molecule has 1 N–H and O–H groups in total. The number of hydrazone groups is 1. The fourth-order valence-electron chi connectivity index (χ4n) is 4.83.